The standard InChI is InChI=1S/C16H12ClNO/c17-11-13-10-15(19-14-5-7-18-8-6-14)9-12-3-1-2-4-16(12)13/h1-10H,11H2. The molecule has 0 aliphatic rings. The van der Waals surface area contributed by atoms with Gasteiger partial charge in [0.15, 0.2) is 0 Å². The van der Waals surface area contributed by atoms with Gasteiger partial charge >= 0.3 is 0 Å². The summed E-state index contributed by atoms with van der Waals surface area (Å²) >= 11 is 6.02. The minimum absolute atomic E-state index is 0.466. The smallest absolute Gasteiger partial charge is 0.130 e. The lowest BCUT2D eigenvalue weighted by molar-refractivity contribution is 0.482. The summed E-state index contributed by atoms with van der Waals surface area (Å²) < 4.78 is 5.83. The van der Waals surface area contributed by atoms with Gasteiger partial charge in [0.2, 0.25) is 0 Å². The van der Waals surface area contributed by atoms with Gasteiger partial charge in [-0.25, -0.2) is 0 Å². The monoisotopic (exact) mass is 269 g/mol. The molecular formula is C16H12ClNO. The third kappa shape index (κ3) is 2.54. The Morgan fingerprint density at radius 3 is 2.53 bits per heavy atom. The van der Waals surface area contributed by atoms with Gasteiger partial charge in [0.25, 0.3) is 0 Å². The zero-order valence-corrected chi connectivity index (χ0v) is 11.0. The Hall–Kier alpha value is -2.06. The molecule has 0 atom stereocenters. The van der Waals surface area contributed by atoms with Crippen molar-refractivity contribution in [2.75, 3.05) is 0 Å². The summed E-state index contributed by atoms with van der Waals surface area (Å²) in [5.74, 6) is 2.03. The molecule has 0 unspecified atom stereocenters. The van der Waals surface area contributed by atoms with Crippen LogP contribution in [-0.2, 0) is 5.88 Å². The number of ether oxygens (including phenoxy) is 1. The lowest BCUT2D eigenvalue weighted by Gasteiger charge is -2.09. The summed E-state index contributed by atoms with van der Waals surface area (Å²) in [5, 5.41) is 2.30. The van der Waals surface area contributed by atoms with Crippen molar-refractivity contribution in [1.82, 2.24) is 4.98 Å². The second-order valence-electron chi connectivity index (χ2n) is 4.22. The topological polar surface area (TPSA) is 22.1 Å². The Morgan fingerprint density at radius 1 is 0.947 bits per heavy atom. The Labute approximate surface area is 116 Å². The highest BCUT2D eigenvalue weighted by atomic mass is 35.5. The molecule has 19 heavy (non-hydrogen) atoms. The summed E-state index contributed by atoms with van der Waals surface area (Å²) in [6.07, 6.45) is 3.41. The molecule has 0 radical (unpaired) electrons. The third-order valence-corrected chi connectivity index (χ3v) is 3.24. The van der Waals surface area contributed by atoms with Crippen LogP contribution >= 0.6 is 11.6 Å². The van der Waals surface area contributed by atoms with Crippen LogP contribution in [0.1, 0.15) is 5.56 Å². The summed E-state index contributed by atoms with van der Waals surface area (Å²) in [4.78, 5) is 3.97. The van der Waals surface area contributed by atoms with Crippen molar-refractivity contribution in [2.45, 2.75) is 5.88 Å². The normalized spacial score (nSPS) is 10.6. The van der Waals surface area contributed by atoms with Crippen LogP contribution in [0, 0.1) is 0 Å². The first kappa shape index (κ1) is 12.0. The van der Waals surface area contributed by atoms with E-state index in [-0.39, 0.29) is 0 Å². The summed E-state index contributed by atoms with van der Waals surface area (Å²) in [7, 11) is 0. The zero-order chi connectivity index (χ0) is 13.1. The van der Waals surface area contributed by atoms with Crippen LogP contribution in [0.25, 0.3) is 10.8 Å². The average molecular weight is 270 g/mol. The molecule has 1 heterocycles. The fourth-order valence-electron chi connectivity index (χ4n) is 2.07. The van der Waals surface area contributed by atoms with Crippen molar-refractivity contribution >= 4 is 22.4 Å². The average Bonchev–Trinajstić information content (AvgIpc) is 2.47. The van der Waals surface area contributed by atoms with E-state index in [0.717, 1.165) is 22.4 Å². The molecule has 0 aliphatic heterocycles. The fourth-order valence-corrected chi connectivity index (χ4v) is 2.29. The maximum absolute atomic E-state index is 6.02. The Kier molecular flexibility index (Phi) is 3.34. The number of hydrogen-bond acceptors (Lipinski definition) is 2. The van der Waals surface area contributed by atoms with Gasteiger partial charge in [0.1, 0.15) is 11.5 Å². The Morgan fingerprint density at radius 2 is 1.74 bits per heavy atom. The van der Waals surface area contributed by atoms with Gasteiger partial charge < -0.3 is 4.74 Å². The molecule has 0 fully saturated rings. The minimum atomic E-state index is 0.466. The maximum atomic E-state index is 6.02. The van der Waals surface area contributed by atoms with Crippen LogP contribution in [0.2, 0.25) is 0 Å². The first-order valence-electron chi connectivity index (χ1n) is 6.02. The predicted octanol–water partition coefficient (Wildman–Crippen LogP) is 4.77. The molecule has 0 aliphatic carbocycles. The number of pyridine rings is 1. The first-order chi connectivity index (χ1) is 9.36. The van der Waals surface area contributed by atoms with Gasteiger partial charge in [-0.3, -0.25) is 4.98 Å². The van der Waals surface area contributed by atoms with Crippen LogP contribution in [0.4, 0.5) is 0 Å². The number of benzene rings is 2. The highest BCUT2D eigenvalue weighted by molar-refractivity contribution is 6.18. The van der Waals surface area contributed by atoms with Gasteiger partial charge in [-0.15, -0.1) is 11.6 Å². The highest BCUT2D eigenvalue weighted by Gasteiger charge is 2.04. The number of nitrogens with zero attached hydrogens (tertiary/aromatic N) is 1. The van der Waals surface area contributed by atoms with Crippen molar-refractivity contribution in [3.8, 4) is 11.5 Å². The maximum Gasteiger partial charge on any atom is 0.130 e. The van der Waals surface area contributed by atoms with E-state index in [1.54, 1.807) is 12.4 Å². The van der Waals surface area contributed by atoms with Crippen molar-refractivity contribution in [2.24, 2.45) is 0 Å². The second-order valence-corrected chi connectivity index (χ2v) is 4.49. The molecule has 0 N–H and O–H groups in total. The van der Waals surface area contributed by atoms with Crippen LogP contribution in [-0.4, -0.2) is 4.98 Å². The van der Waals surface area contributed by atoms with Crippen LogP contribution in [0.15, 0.2) is 60.9 Å². The van der Waals surface area contributed by atoms with E-state index < -0.39 is 0 Å². The highest BCUT2D eigenvalue weighted by Crippen LogP contribution is 2.29. The number of fused-ring (bicyclic) bond motifs is 1. The SMILES string of the molecule is ClCc1cc(Oc2ccncc2)cc2ccccc12. The van der Waals surface area contributed by atoms with Gasteiger partial charge in [0.05, 0.1) is 0 Å². The quantitative estimate of drug-likeness (QED) is 0.639. The molecule has 3 aromatic rings. The molecular weight excluding hydrogens is 258 g/mol. The first-order valence-corrected chi connectivity index (χ1v) is 6.56. The molecule has 2 aromatic carbocycles. The van der Waals surface area contributed by atoms with Crippen LogP contribution < -0.4 is 4.74 Å². The molecule has 94 valence electrons. The largest absolute Gasteiger partial charge is 0.457 e. The predicted molar refractivity (Wildman–Crippen MR) is 77.8 cm³/mol. The zero-order valence-electron chi connectivity index (χ0n) is 10.2. The van der Waals surface area contributed by atoms with Crippen molar-refractivity contribution in [3.05, 3.63) is 66.5 Å². The van der Waals surface area contributed by atoms with E-state index in [2.05, 4.69) is 17.1 Å². The molecule has 3 rings (SSSR count). The molecule has 0 saturated heterocycles. The number of halogens is 1. The van der Waals surface area contributed by atoms with E-state index in [1.165, 1.54) is 5.39 Å². The van der Waals surface area contributed by atoms with Crippen molar-refractivity contribution in [3.63, 3.8) is 0 Å². The van der Waals surface area contributed by atoms with Crippen LogP contribution in [0.3, 0.4) is 0 Å². The number of aromatic nitrogens is 1. The van der Waals surface area contributed by atoms with E-state index >= 15 is 0 Å². The number of alkyl halides is 1. The number of rotatable bonds is 3. The fraction of sp³-hybridized carbons (Fsp3) is 0.0625. The molecule has 0 spiro atoms. The van der Waals surface area contributed by atoms with Gasteiger partial charge in [-0.05, 0) is 40.6 Å². The molecule has 1 aromatic heterocycles. The van der Waals surface area contributed by atoms with Gasteiger partial charge in [-0.2, -0.15) is 0 Å². The third-order valence-electron chi connectivity index (χ3n) is 2.95. The van der Waals surface area contributed by atoms with E-state index in [1.807, 2.05) is 36.4 Å². The molecule has 3 heteroatoms. The summed E-state index contributed by atoms with van der Waals surface area (Å²) in [6.45, 7) is 0. The van der Waals surface area contributed by atoms with Crippen molar-refractivity contribution < 1.29 is 4.74 Å². The second kappa shape index (κ2) is 5.29. The lowest BCUT2D eigenvalue weighted by atomic mass is 10.1. The summed E-state index contributed by atoms with van der Waals surface area (Å²) in [6, 6.07) is 15.8. The Bertz CT molecular complexity index is 697. The minimum Gasteiger partial charge on any atom is -0.457 e. The molecule has 2 nitrogen and oxygen atoms in total. The van der Waals surface area contributed by atoms with Crippen molar-refractivity contribution in [1.29, 1.82) is 0 Å². The van der Waals surface area contributed by atoms with E-state index in [4.69, 9.17) is 16.3 Å². The Balaban J connectivity index is 2.05. The summed E-state index contributed by atoms with van der Waals surface area (Å²) in [5.41, 5.74) is 1.07. The van der Waals surface area contributed by atoms with E-state index in [0.29, 0.717) is 5.88 Å². The molecule has 0 saturated carbocycles. The molecule has 0 bridgehead atoms. The number of hydrogen-bond donors (Lipinski definition) is 0. The van der Waals surface area contributed by atoms with Gasteiger partial charge in [-0.1, -0.05) is 24.3 Å². The van der Waals surface area contributed by atoms with E-state index in [9.17, 15) is 0 Å². The van der Waals surface area contributed by atoms with Gasteiger partial charge in [0, 0.05) is 18.3 Å². The molecule has 0 amide bonds. The van der Waals surface area contributed by atoms with Crippen LogP contribution in [0.5, 0.6) is 11.5 Å². The lowest BCUT2D eigenvalue weighted by Crippen LogP contribution is -1.88.